The largest absolute Gasteiger partial charge is 0.366 e. The second-order valence-electron chi connectivity index (χ2n) is 5.91. The molecule has 1 aromatic heterocycles. The summed E-state index contributed by atoms with van der Waals surface area (Å²) in [5.74, 6) is -0.439. The van der Waals surface area contributed by atoms with Crippen LogP contribution in [0.25, 0.3) is 0 Å². The van der Waals surface area contributed by atoms with Crippen LogP contribution in [0.15, 0.2) is 24.4 Å². The Hall–Kier alpha value is -2.67. The summed E-state index contributed by atoms with van der Waals surface area (Å²) in [7, 11) is 0. The summed E-state index contributed by atoms with van der Waals surface area (Å²) >= 11 is 6.11. The lowest BCUT2D eigenvalue weighted by Crippen LogP contribution is -2.23. The van der Waals surface area contributed by atoms with Crippen LogP contribution in [0.5, 0.6) is 0 Å². The molecule has 1 aromatic carbocycles. The minimum absolute atomic E-state index is 0.122. The molecule has 1 fully saturated rings. The Morgan fingerprint density at radius 3 is 2.64 bits per heavy atom. The highest BCUT2D eigenvalue weighted by Gasteiger charge is 2.20. The van der Waals surface area contributed by atoms with E-state index in [1.54, 1.807) is 25.1 Å². The van der Waals surface area contributed by atoms with Gasteiger partial charge in [-0.2, -0.15) is 0 Å². The van der Waals surface area contributed by atoms with Crippen LogP contribution in [0.1, 0.15) is 39.3 Å². The number of aromatic nitrogens is 2. The molecule has 0 radical (unpaired) electrons. The van der Waals surface area contributed by atoms with Crippen molar-refractivity contribution in [3.8, 4) is 0 Å². The highest BCUT2D eigenvalue weighted by molar-refractivity contribution is 6.34. The molecular weight excluding hydrogens is 342 g/mol. The van der Waals surface area contributed by atoms with Crippen molar-refractivity contribution in [2.24, 2.45) is 5.73 Å². The van der Waals surface area contributed by atoms with Gasteiger partial charge in [-0.3, -0.25) is 9.59 Å². The molecule has 0 spiro atoms. The molecule has 2 aromatic rings. The molecule has 1 saturated heterocycles. The standard InChI is InChI=1S/C17H18ClN5O2/c1-10-8-11(15(19)24)4-5-13(10)21-16(25)14-12(18)9-20-17(22-14)23-6-2-3-7-23/h4-5,8-9H,2-3,6-7H2,1H3,(H2,19,24)(H,21,25). The molecule has 0 atom stereocenters. The molecule has 7 nitrogen and oxygen atoms in total. The number of carbonyl (C=O) groups is 2. The van der Waals surface area contributed by atoms with E-state index in [0.29, 0.717) is 17.2 Å². The zero-order chi connectivity index (χ0) is 18.0. The smallest absolute Gasteiger partial charge is 0.276 e. The Kier molecular flexibility index (Phi) is 4.85. The number of nitrogens with one attached hydrogen (secondary N) is 1. The fourth-order valence-electron chi connectivity index (χ4n) is 2.73. The van der Waals surface area contributed by atoms with Crippen LogP contribution in [-0.4, -0.2) is 34.9 Å². The Balaban J connectivity index is 1.83. The number of hydrogen-bond acceptors (Lipinski definition) is 5. The predicted molar refractivity (Wildman–Crippen MR) is 96.1 cm³/mol. The minimum atomic E-state index is -0.518. The number of benzene rings is 1. The highest BCUT2D eigenvalue weighted by Crippen LogP contribution is 2.22. The number of halogens is 1. The van der Waals surface area contributed by atoms with Crippen LogP contribution in [0.4, 0.5) is 11.6 Å². The van der Waals surface area contributed by atoms with Gasteiger partial charge in [0.05, 0.1) is 11.2 Å². The normalized spacial score (nSPS) is 13.8. The van der Waals surface area contributed by atoms with Crippen molar-refractivity contribution >= 4 is 35.1 Å². The first kappa shape index (κ1) is 17.2. The van der Waals surface area contributed by atoms with E-state index in [1.165, 1.54) is 6.20 Å². The molecule has 0 saturated carbocycles. The van der Waals surface area contributed by atoms with Crippen molar-refractivity contribution in [1.82, 2.24) is 9.97 Å². The van der Waals surface area contributed by atoms with Crippen molar-refractivity contribution in [3.05, 3.63) is 46.2 Å². The molecular formula is C17H18ClN5O2. The topological polar surface area (TPSA) is 101 Å². The monoisotopic (exact) mass is 359 g/mol. The van der Waals surface area contributed by atoms with E-state index < -0.39 is 11.8 Å². The van der Waals surface area contributed by atoms with Crippen LogP contribution in [-0.2, 0) is 0 Å². The Labute approximate surface area is 150 Å². The SMILES string of the molecule is Cc1cc(C(N)=O)ccc1NC(=O)c1nc(N2CCCC2)ncc1Cl. The van der Waals surface area contributed by atoms with Crippen LogP contribution in [0, 0.1) is 6.92 Å². The number of aryl methyl sites for hydroxylation is 1. The second-order valence-corrected chi connectivity index (χ2v) is 6.32. The minimum Gasteiger partial charge on any atom is -0.366 e. The maximum absolute atomic E-state index is 12.6. The predicted octanol–water partition coefficient (Wildman–Crippen LogP) is 2.39. The van der Waals surface area contributed by atoms with Gasteiger partial charge in [0.25, 0.3) is 5.91 Å². The average Bonchev–Trinajstić information content (AvgIpc) is 3.11. The quantitative estimate of drug-likeness (QED) is 0.872. The van der Waals surface area contributed by atoms with E-state index >= 15 is 0 Å². The summed E-state index contributed by atoms with van der Waals surface area (Å²) < 4.78 is 0. The fourth-order valence-corrected chi connectivity index (χ4v) is 2.90. The number of amides is 2. The lowest BCUT2D eigenvalue weighted by molar-refractivity contribution is 0.0998. The number of nitrogens with zero attached hydrogens (tertiary/aromatic N) is 3. The zero-order valence-electron chi connectivity index (χ0n) is 13.8. The van der Waals surface area contributed by atoms with Crippen molar-refractivity contribution in [2.75, 3.05) is 23.3 Å². The molecule has 1 aliphatic heterocycles. The Bertz CT molecular complexity index is 834. The molecule has 2 heterocycles. The average molecular weight is 360 g/mol. The molecule has 3 rings (SSSR count). The van der Waals surface area contributed by atoms with Gasteiger partial charge in [0.15, 0.2) is 5.69 Å². The lowest BCUT2D eigenvalue weighted by Gasteiger charge is -2.16. The summed E-state index contributed by atoms with van der Waals surface area (Å²) in [5.41, 5.74) is 7.04. The summed E-state index contributed by atoms with van der Waals surface area (Å²) in [6.07, 6.45) is 3.61. The number of carbonyl (C=O) groups excluding carboxylic acids is 2. The number of anilines is 2. The van der Waals surface area contributed by atoms with Gasteiger partial charge >= 0.3 is 0 Å². The third kappa shape index (κ3) is 3.71. The van der Waals surface area contributed by atoms with Crippen LogP contribution in [0.3, 0.4) is 0 Å². The maximum Gasteiger partial charge on any atom is 0.276 e. The van der Waals surface area contributed by atoms with E-state index in [1.807, 2.05) is 4.90 Å². The first-order valence-corrected chi connectivity index (χ1v) is 8.33. The Morgan fingerprint density at radius 1 is 1.28 bits per heavy atom. The summed E-state index contributed by atoms with van der Waals surface area (Å²) in [4.78, 5) is 34.3. The first-order chi connectivity index (χ1) is 12.0. The van der Waals surface area contributed by atoms with Crippen LogP contribution < -0.4 is 16.0 Å². The van der Waals surface area contributed by atoms with Gasteiger partial charge in [0.2, 0.25) is 11.9 Å². The molecule has 130 valence electrons. The lowest BCUT2D eigenvalue weighted by atomic mass is 10.1. The van der Waals surface area contributed by atoms with Gasteiger partial charge in [0, 0.05) is 24.3 Å². The van der Waals surface area contributed by atoms with Crippen molar-refractivity contribution in [3.63, 3.8) is 0 Å². The Morgan fingerprint density at radius 2 is 2.00 bits per heavy atom. The number of nitrogens with two attached hydrogens (primary N) is 1. The van der Waals surface area contributed by atoms with E-state index in [9.17, 15) is 9.59 Å². The highest BCUT2D eigenvalue weighted by atomic mass is 35.5. The fraction of sp³-hybridized carbons (Fsp3) is 0.294. The second kappa shape index (κ2) is 7.06. The molecule has 3 N–H and O–H groups in total. The molecule has 8 heteroatoms. The van der Waals surface area contributed by atoms with Gasteiger partial charge in [-0.25, -0.2) is 9.97 Å². The van der Waals surface area contributed by atoms with Crippen molar-refractivity contribution < 1.29 is 9.59 Å². The summed E-state index contributed by atoms with van der Waals surface area (Å²) in [6.45, 7) is 3.52. The van der Waals surface area contributed by atoms with Gasteiger partial charge in [-0.05, 0) is 43.5 Å². The maximum atomic E-state index is 12.6. The number of rotatable bonds is 4. The van der Waals surface area contributed by atoms with Gasteiger partial charge in [0.1, 0.15) is 0 Å². The third-order valence-corrected chi connectivity index (χ3v) is 4.37. The van der Waals surface area contributed by atoms with Gasteiger partial charge in [-0.1, -0.05) is 11.6 Å². The molecule has 2 amide bonds. The molecule has 0 bridgehead atoms. The molecule has 0 unspecified atom stereocenters. The molecule has 25 heavy (non-hydrogen) atoms. The van der Waals surface area contributed by atoms with Crippen LogP contribution >= 0.6 is 11.6 Å². The molecule has 1 aliphatic rings. The summed E-state index contributed by atoms with van der Waals surface area (Å²) in [6, 6.07) is 4.81. The number of hydrogen-bond donors (Lipinski definition) is 2. The van der Waals surface area contributed by atoms with E-state index in [-0.39, 0.29) is 10.7 Å². The summed E-state index contributed by atoms with van der Waals surface area (Å²) in [5, 5.41) is 2.95. The van der Waals surface area contributed by atoms with E-state index in [2.05, 4.69) is 15.3 Å². The number of primary amides is 1. The molecule has 0 aliphatic carbocycles. The van der Waals surface area contributed by atoms with E-state index in [4.69, 9.17) is 17.3 Å². The van der Waals surface area contributed by atoms with Crippen molar-refractivity contribution in [2.45, 2.75) is 19.8 Å². The zero-order valence-corrected chi connectivity index (χ0v) is 14.5. The third-order valence-electron chi connectivity index (χ3n) is 4.09. The van der Waals surface area contributed by atoms with Crippen LogP contribution in [0.2, 0.25) is 5.02 Å². The van der Waals surface area contributed by atoms with Gasteiger partial charge < -0.3 is 16.0 Å². The first-order valence-electron chi connectivity index (χ1n) is 7.95. The van der Waals surface area contributed by atoms with Crippen molar-refractivity contribution in [1.29, 1.82) is 0 Å². The van der Waals surface area contributed by atoms with Gasteiger partial charge in [-0.15, -0.1) is 0 Å². The van der Waals surface area contributed by atoms with E-state index in [0.717, 1.165) is 31.5 Å².